The molecule has 1 heterocycles. The molecule has 1 amide bonds. The molecule has 16 heavy (non-hydrogen) atoms. The molecule has 1 unspecified atom stereocenters. The Balaban J connectivity index is 2.48. The fourth-order valence-corrected chi connectivity index (χ4v) is 1.16. The molecule has 0 aromatic carbocycles. The molecule has 0 spiro atoms. The maximum atomic E-state index is 12.0. The van der Waals surface area contributed by atoms with Crippen LogP contribution in [0.1, 0.15) is 13.3 Å². The predicted octanol–water partition coefficient (Wildman–Crippen LogP) is 0.824. The molecule has 1 rings (SSSR count). The molecule has 0 radical (unpaired) electrons. The van der Waals surface area contributed by atoms with Crippen LogP contribution in [0.4, 0.5) is 14.6 Å². The van der Waals surface area contributed by atoms with E-state index in [0.29, 0.717) is 0 Å². The molecule has 3 N–H and O–H groups in total. The van der Waals surface area contributed by atoms with Gasteiger partial charge in [0.2, 0.25) is 5.91 Å². The second kappa shape index (κ2) is 5.55. The van der Waals surface area contributed by atoms with Gasteiger partial charge in [0.25, 0.3) is 6.43 Å². The summed E-state index contributed by atoms with van der Waals surface area (Å²) in [5.74, 6) is -0.0244. The molecule has 1 atom stereocenters. The van der Waals surface area contributed by atoms with E-state index in [1.165, 1.54) is 12.3 Å². The zero-order valence-corrected chi connectivity index (χ0v) is 8.86. The van der Waals surface area contributed by atoms with E-state index in [0.717, 1.165) is 4.68 Å². The van der Waals surface area contributed by atoms with Crippen LogP contribution in [0.15, 0.2) is 12.3 Å². The van der Waals surface area contributed by atoms with Gasteiger partial charge in [-0.3, -0.25) is 9.48 Å². The van der Waals surface area contributed by atoms with Crippen molar-refractivity contribution in [1.82, 2.24) is 9.78 Å². The highest BCUT2D eigenvalue weighted by atomic mass is 19.3. The summed E-state index contributed by atoms with van der Waals surface area (Å²) in [6, 6.07) is 1.21. The summed E-state index contributed by atoms with van der Waals surface area (Å²) >= 11 is 0. The molecule has 7 heteroatoms. The van der Waals surface area contributed by atoms with Gasteiger partial charge < -0.3 is 11.1 Å². The van der Waals surface area contributed by atoms with Crippen molar-refractivity contribution in [3.05, 3.63) is 12.3 Å². The summed E-state index contributed by atoms with van der Waals surface area (Å²) in [6.45, 7) is 1.22. The van der Waals surface area contributed by atoms with Crippen molar-refractivity contribution in [2.75, 3.05) is 5.32 Å². The van der Waals surface area contributed by atoms with Crippen LogP contribution >= 0.6 is 0 Å². The lowest BCUT2D eigenvalue weighted by atomic mass is 10.2. The lowest BCUT2D eigenvalue weighted by Gasteiger charge is -2.04. The summed E-state index contributed by atoms with van der Waals surface area (Å²) in [6.07, 6.45) is -0.914. The minimum atomic E-state index is -2.47. The first-order valence-corrected chi connectivity index (χ1v) is 4.84. The number of halogens is 2. The molecule has 0 bridgehead atoms. The van der Waals surface area contributed by atoms with Crippen LogP contribution in [0.3, 0.4) is 0 Å². The van der Waals surface area contributed by atoms with Crippen molar-refractivity contribution in [3.8, 4) is 0 Å². The average molecular weight is 232 g/mol. The van der Waals surface area contributed by atoms with Crippen LogP contribution in [0.5, 0.6) is 0 Å². The van der Waals surface area contributed by atoms with Crippen LogP contribution in [-0.2, 0) is 11.3 Å². The van der Waals surface area contributed by atoms with Crippen LogP contribution in [0.25, 0.3) is 0 Å². The SMILES string of the molecule is CC(N)CC(=O)Nc1ccn(CC(F)F)n1. The minimum Gasteiger partial charge on any atom is -0.327 e. The molecule has 0 fully saturated rings. The maximum absolute atomic E-state index is 12.0. The second-order valence-corrected chi connectivity index (χ2v) is 3.54. The third-order valence-corrected chi connectivity index (χ3v) is 1.74. The van der Waals surface area contributed by atoms with E-state index in [1.54, 1.807) is 6.92 Å². The van der Waals surface area contributed by atoms with E-state index in [4.69, 9.17) is 5.73 Å². The zero-order valence-electron chi connectivity index (χ0n) is 8.86. The Hall–Kier alpha value is -1.50. The van der Waals surface area contributed by atoms with Crippen molar-refractivity contribution >= 4 is 11.7 Å². The topological polar surface area (TPSA) is 72.9 Å². The van der Waals surface area contributed by atoms with E-state index in [9.17, 15) is 13.6 Å². The summed E-state index contributed by atoms with van der Waals surface area (Å²) in [7, 11) is 0. The first kappa shape index (κ1) is 12.6. The monoisotopic (exact) mass is 232 g/mol. The van der Waals surface area contributed by atoms with E-state index in [-0.39, 0.29) is 24.2 Å². The Morgan fingerprint density at radius 1 is 1.69 bits per heavy atom. The number of nitrogens with two attached hydrogens (primary N) is 1. The van der Waals surface area contributed by atoms with Crippen LogP contribution in [0, 0.1) is 0 Å². The van der Waals surface area contributed by atoms with Gasteiger partial charge in [-0.2, -0.15) is 5.10 Å². The number of nitrogens with zero attached hydrogens (tertiary/aromatic N) is 2. The molecule has 0 aliphatic rings. The van der Waals surface area contributed by atoms with Crippen molar-refractivity contribution in [2.24, 2.45) is 5.73 Å². The Kier molecular flexibility index (Phi) is 4.36. The maximum Gasteiger partial charge on any atom is 0.257 e. The fraction of sp³-hybridized carbons (Fsp3) is 0.556. The lowest BCUT2D eigenvalue weighted by molar-refractivity contribution is -0.116. The van der Waals surface area contributed by atoms with Crippen LogP contribution in [-0.4, -0.2) is 28.2 Å². The van der Waals surface area contributed by atoms with Crippen molar-refractivity contribution < 1.29 is 13.6 Å². The third kappa shape index (κ3) is 4.35. The van der Waals surface area contributed by atoms with Gasteiger partial charge in [-0.15, -0.1) is 0 Å². The van der Waals surface area contributed by atoms with Gasteiger partial charge in [-0.1, -0.05) is 0 Å². The van der Waals surface area contributed by atoms with Crippen LogP contribution in [0.2, 0.25) is 0 Å². The fourth-order valence-electron chi connectivity index (χ4n) is 1.16. The van der Waals surface area contributed by atoms with Gasteiger partial charge in [0.15, 0.2) is 5.82 Å². The van der Waals surface area contributed by atoms with Gasteiger partial charge in [0, 0.05) is 24.7 Å². The molecule has 0 aliphatic carbocycles. The van der Waals surface area contributed by atoms with E-state index in [2.05, 4.69) is 10.4 Å². The van der Waals surface area contributed by atoms with Gasteiger partial charge in [0.05, 0.1) is 0 Å². The number of anilines is 1. The molecular weight excluding hydrogens is 218 g/mol. The zero-order chi connectivity index (χ0) is 12.1. The van der Waals surface area contributed by atoms with E-state index < -0.39 is 13.0 Å². The van der Waals surface area contributed by atoms with Gasteiger partial charge in [-0.05, 0) is 6.92 Å². The van der Waals surface area contributed by atoms with Gasteiger partial charge >= 0.3 is 0 Å². The molecule has 90 valence electrons. The third-order valence-electron chi connectivity index (χ3n) is 1.74. The van der Waals surface area contributed by atoms with E-state index in [1.807, 2.05) is 0 Å². The molecule has 5 nitrogen and oxygen atoms in total. The number of alkyl halides is 2. The average Bonchev–Trinajstić information content (AvgIpc) is 2.49. The number of hydrogen-bond acceptors (Lipinski definition) is 3. The molecular formula is C9H14F2N4O. The summed E-state index contributed by atoms with van der Waals surface area (Å²) < 4.78 is 25.1. The Labute approximate surface area is 91.6 Å². The lowest BCUT2D eigenvalue weighted by Crippen LogP contribution is -2.24. The number of nitrogens with one attached hydrogen (secondary N) is 1. The Morgan fingerprint density at radius 3 is 2.94 bits per heavy atom. The number of aromatic nitrogens is 2. The number of hydrogen-bond donors (Lipinski definition) is 2. The predicted molar refractivity (Wildman–Crippen MR) is 55.1 cm³/mol. The highest BCUT2D eigenvalue weighted by molar-refractivity contribution is 5.89. The number of carbonyl (C=O) groups excluding carboxylic acids is 1. The van der Waals surface area contributed by atoms with Crippen molar-refractivity contribution in [2.45, 2.75) is 32.4 Å². The van der Waals surface area contributed by atoms with Gasteiger partial charge in [-0.25, -0.2) is 8.78 Å². The molecule has 0 saturated carbocycles. The van der Waals surface area contributed by atoms with Crippen LogP contribution < -0.4 is 11.1 Å². The van der Waals surface area contributed by atoms with Crippen molar-refractivity contribution in [1.29, 1.82) is 0 Å². The minimum absolute atomic E-state index is 0.168. The normalized spacial score (nSPS) is 12.8. The summed E-state index contributed by atoms with van der Waals surface area (Å²) in [5.41, 5.74) is 5.43. The first-order valence-electron chi connectivity index (χ1n) is 4.84. The Bertz CT molecular complexity index is 351. The number of amides is 1. The highest BCUT2D eigenvalue weighted by Gasteiger charge is 2.09. The molecule has 1 aromatic rings. The Morgan fingerprint density at radius 2 is 2.38 bits per heavy atom. The number of rotatable bonds is 5. The van der Waals surface area contributed by atoms with Gasteiger partial charge in [0.1, 0.15) is 6.54 Å². The second-order valence-electron chi connectivity index (χ2n) is 3.54. The van der Waals surface area contributed by atoms with E-state index >= 15 is 0 Å². The molecule has 0 saturated heterocycles. The summed E-state index contributed by atoms with van der Waals surface area (Å²) in [5, 5.41) is 6.23. The quantitative estimate of drug-likeness (QED) is 0.789. The largest absolute Gasteiger partial charge is 0.327 e. The molecule has 1 aromatic heterocycles. The van der Waals surface area contributed by atoms with Crippen molar-refractivity contribution in [3.63, 3.8) is 0 Å². The first-order chi connectivity index (χ1) is 7.47. The highest BCUT2D eigenvalue weighted by Crippen LogP contribution is 2.05. The summed E-state index contributed by atoms with van der Waals surface area (Å²) in [4.78, 5) is 11.3. The smallest absolute Gasteiger partial charge is 0.257 e. The number of carbonyl (C=O) groups is 1. The molecule has 0 aliphatic heterocycles. The standard InChI is InChI=1S/C9H14F2N4O/c1-6(12)4-9(16)13-8-2-3-15(14-8)5-7(10)11/h2-3,6-7H,4-5,12H2,1H3,(H,13,14,16).